The van der Waals surface area contributed by atoms with Crippen molar-refractivity contribution in [2.75, 3.05) is 0 Å². The monoisotopic (exact) mass is 268 g/mol. The van der Waals surface area contributed by atoms with Crippen molar-refractivity contribution in [1.29, 1.82) is 0 Å². The zero-order chi connectivity index (χ0) is 14.1. The predicted octanol–water partition coefficient (Wildman–Crippen LogP) is 2.14. The molecule has 1 heterocycles. The lowest BCUT2D eigenvalue weighted by atomic mass is 9.96. The molecule has 0 spiro atoms. The van der Waals surface area contributed by atoms with E-state index in [1.165, 1.54) is 0 Å². The number of esters is 1. The molecule has 0 saturated carbocycles. The van der Waals surface area contributed by atoms with E-state index >= 15 is 0 Å². The highest BCUT2D eigenvalue weighted by molar-refractivity contribution is 6.01. The Hall–Kier alpha value is -2.46. The normalized spacial score (nSPS) is 18.2. The number of carbonyl (C=O) groups excluding carboxylic acids is 2. The Kier molecular flexibility index (Phi) is 3.08. The molecule has 2 aromatic carbocycles. The third-order valence-corrected chi connectivity index (χ3v) is 3.33. The van der Waals surface area contributed by atoms with E-state index < -0.39 is 24.0 Å². The molecule has 0 saturated heterocycles. The van der Waals surface area contributed by atoms with Crippen LogP contribution in [0.5, 0.6) is 0 Å². The van der Waals surface area contributed by atoms with Crippen LogP contribution in [0.15, 0.2) is 54.6 Å². The fourth-order valence-electron chi connectivity index (χ4n) is 2.32. The molecule has 1 aliphatic rings. The van der Waals surface area contributed by atoms with Crippen molar-refractivity contribution in [3.8, 4) is 0 Å². The van der Waals surface area contributed by atoms with Crippen LogP contribution in [0, 0.1) is 0 Å². The summed E-state index contributed by atoms with van der Waals surface area (Å²) in [6.45, 7) is 0. The van der Waals surface area contributed by atoms with Crippen LogP contribution < -0.4 is 0 Å². The van der Waals surface area contributed by atoms with Crippen LogP contribution >= 0.6 is 0 Å². The van der Waals surface area contributed by atoms with Gasteiger partial charge in [-0.3, -0.25) is 4.79 Å². The van der Waals surface area contributed by atoms with Crippen molar-refractivity contribution >= 4 is 11.8 Å². The molecule has 0 aliphatic carbocycles. The minimum Gasteiger partial charge on any atom is -0.451 e. The number of ether oxygens (including phenoxy) is 1. The van der Waals surface area contributed by atoms with Gasteiger partial charge in [0.15, 0.2) is 18.0 Å². The number of rotatable bonds is 3. The third-order valence-electron chi connectivity index (χ3n) is 3.33. The highest BCUT2D eigenvalue weighted by Gasteiger charge is 2.39. The molecule has 2 aromatic rings. The molecule has 4 heteroatoms. The van der Waals surface area contributed by atoms with Gasteiger partial charge in [-0.1, -0.05) is 48.5 Å². The average Bonchev–Trinajstić information content (AvgIpc) is 2.84. The summed E-state index contributed by atoms with van der Waals surface area (Å²) in [5, 5.41) is 10.2. The van der Waals surface area contributed by atoms with Gasteiger partial charge in [-0.15, -0.1) is 0 Å². The summed E-state index contributed by atoms with van der Waals surface area (Å²) >= 11 is 0. The molecule has 2 atom stereocenters. The van der Waals surface area contributed by atoms with Crippen LogP contribution in [0.3, 0.4) is 0 Å². The van der Waals surface area contributed by atoms with E-state index in [9.17, 15) is 14.7 Å². The molecule has 0 amide bonds. The molecule has 0 fully saturated rings. The topological polar surface area (TPSA) is 63.6 Å². The lowest BCUT2D eigenvalue weighted by Crippen LogP contribution is -2.28. The number of ketones is 1. The Morgan fingerprint density at radius 2 is 1.70 bits per heavy atom. The molecule has 1 N–H and O–H groups in total. The van der Waals surface area contributed by atoms with Crippen molar-refractivity contribution in [2.24, 2.45) is 0 Å². The number of carbonyl (C=O) groups is 2. The Morgan fingerprint density at radius 3 is 2.45 bits per heavy atom. The van der Waals surface area contributed by atoms with E-state index in [1.807, 2.05) is 0 Å². The predicted molar refractivity (Wildman–Crippen MR) is 71.4 cm³/mol. The maximum Gasteiger partial charge on any atom is 0.339 e. The van der Waals surface area contributed by atoms with Gasteiger partial charge in [-0.05, 0) is 6.07 Å². The molecule has 4 nitrogen and oxygen atoms in total. The molecule has 0 aromatic heterocycles. The van der Waals surface area contributed by atoms with Gasteiger partial charge in [0, 0.05) is 11.1 Å². The second kappa shape index (κ2) is 4.90. The first-order chi connectivity index (χ1) is 9.68. The van der Waals surface area contributed by atoms with Gasteiger partial charge in [0.25, 0.3) is 0 Å². The van der Waals surface area contributed by atoms with E-state index in [-0.39, 0.29) is 0 Å². The van der Waals surface area contributed by atoms with Gasteiger partial charge in [-0.25, -0.2) is 4.79 Å². The lowest BCUT2D eigenvalue weighted by molar-refractivity contribution is -0.00296. The molecule has 20 heavy (non-hydrogen) atoms. The van der Waals surface area contributed by atoms with Gasteiger partial charge in [0.2, 0.25) is 0 Å². The number of cyclic esters (lactones) is 1. The first-order valence-corrected chi connectivity index (χ1v) is 6.25. The number of benzene rings is 2. The van der Waals surface area contributed by atoms with E-state index in [0.717, 1.165) is 0 Å². The fraction of sp³-hybridized carbons (Fsp3) is 0.125. The molecular formula is C16H12O4. The van der Waals surface area contributed by atoms with Crippen molar-refractivity contribution in [1.82, 2.24) is 0 Å². The highest BCUT2D eigenvalue weighted by atomic mass is 16.6. The minimum absolute atomic E-state index is 0.389. The number of hydrogen-bond donors (Lipinski definition) is 1. The van der Waals surface area contributed by atoms with Gasteiger partial charge in [0.1, 0.15) is 0 Å². The summed E-state index contributed by atoms with van der Waals surface area (Å²) in [6.07, 6.45) is -2.34. The minimum atomic E-state index is -1.40. The zero-order valence-corrected chi connectivity index (χ0v) is 10.5. The van der Waals surface area contributed by atoms with Gasteiger partial charge < -0.3 is 9.84 Å². The van der Waals surface area contributed by atoms with E-state index in [4.69, 9.17) is 4.74 Å². The first kappa shape index (κ1) is 12.6. The van der Waals surface area contributed by atoms with Crippen molar-refractivity contribution in [3.05, 3.63) is 71.3 Å². The Morgan fingerprint density at radius 1 is 1.05 bits per heavy atom. The molecule has 1 aliphatic heterocycles. The summed E-state index contributed by atoms with van der Waals surface area (Å²) in [5.41, 5.74) is 1.34. The van der Waals surface area contributed by atoms with Crippen LogP contribution in [0.25, 0.3) is 0 Å². The summed E-state index contributed by atoms with van der Waals surface area (Å²) in [6, 6.07) is 15.2. The number of aliphatic hydroxyl groups is 1. The Labute approximate surface area is 115 Å². The van der Waals surface area contributed by atoms with Crippen LogP contribution in [0.2, 0.25) is 0 Å². The quantitative estimate of drug-likeness (QED) is 0.684. The second-order valence-electron chi connectivity index (χ2n) is 4.59. The van der Waals surface area contributed by atoms with Crippen molar-refractivity contribution < 1.29 is 19.4 Å². The van der Waals surface area contributed by atoms with Crippen molar-refractivity contribution in [2.45, 2.75) is 12.2 Å². The van der Waals surface area contributed by atoms with Gasteiger partial charge >= 0.3 is 5.97 Å². The summed E-state index contributed by atoms with van der Waals surface area (Å²) in [4.78, 5) is 23.9. The lowest BCUT2D eigenvalue weighted by Gasteiger charge is -2.17. The molecule has 2 unspecified atom stereocenters. The maximum absolute atomic E-state index is 12.2. The fourth-order valence-corrected chi connectivity index (χ4v) is 2.32. The molecule has 0 radical (unpaired) electrons. The standard InChI is InChI=1S/C16H12O4/c17-13(10-6-2-1-3-7-10)14(18)15-11-8-4-5-9-12(11)16(19)20-15/h1-9,14-15,18H. The number of Topliss-reactive ketones (excluding diaryl/α,β-unsaturated/α-hetero) is 1. The second-order valence-corrected chi connectivity index (χ2v) is 4.59. The van der Waals surface area contributed by atoms with Gasteiger partial charge in [-0.2, -0.15) is 0 Å². The molecular weight excluding hydrogens is 256 g/mol. The summed E-state index contributed by atoms with van der Waals surface area (Å²) in [5.74, 6) is -0.967. The highest BCUT2D eigenvalue weighted by Crippen LogP contribution is 2.33. The Bertz CT molecular complexity index is 663. The Balaban J connectivity index is 1.91. The smallest absolute Gasteiger partial charge is 0.339 e. The van der Waals surface area contributed by atoms with E-state index in [1.54, 1.807) is 54.6 Å². The molecule has 100 valence electrons. The zero-order valence-electron chi connectivity index (χ0n) is 10.5. The number of aliphatic hydroxyl groups excluding tert-OH is 1. The van der Waals surface area contributed by atoms with E-state index in [0.29, 0.717) is 16.7 Å². The van der Waals surface area contributed by atoms with Crippen LogP contribution in [-0.2, 0) is 4.74 Å². The number of hydrogen-bond acceptors (Lipinski definition) is 4. The van der Waals surface area contributed by atoms with Crippen LogP contribution in [0.4, 0.5) is 0 Å². The SMILES string of the molecule is O=C1OC(C(O)C(=O)c2ccccc2)c2ccccc21. The third kappa shape index (κ3) is 2.00. The molecule has 0 bridgehead atoms. The average molecular weight is 268 g/mol. The van der Waals surface area contributed by atoms with Crippen molar-refractivity contribution in [3.63, 3.8) is 0 Å². The van der Waals surface area contributed by atoms with E-state index in [2.05, 4.69) is 0 Å². The van der Waals surface area contributed by atoms with Gasteiger partial charge in [0.05, 0.1) is 5.56 Å². The maximum atomic E-state index is 12.2. The summed E-state index contributed by atoms with van der Waals surface area (Å²) in [7, 11) is 0. The largest absolute Gasteiger partial charge is 0.451 e. The first-order valence-electron chi connectivity index (χ1n) is 6.25. The number of fused-ring (bicyclic) bond motifs is 1. The van der Waals surface area contributed by atoms with Crippen LogP contribution in [-0.4, -0.2) is 23.0 Å². The molecule has 3 rings (SSSR count). The summed E-state index contributed by atoms with van der Waals surface area (Å²) < 4.78 is 5.13. The van der Waals surface area contributed by atoms with Crippen LogP contribution in [0.1, 0.15) is 32.4 Å².